The van der Waals surface area contributed by atoms with E-state index in [2.05, 4.69) is 26.0 Å². The Morgan fingerprint density at radius 3 is 1.35 bits per heavy atom. The lowest BCUT2D eigenvalue weighted by atomic mass is 10.1. The smallest absolute Gasteiger partial charge is 0.126 e. The molecule has 0 spiro atoms. The van der Waals surface area contributed by atoms with E-state index in [-0.39, 0.29) is 0 Å². The van der Waals surface area contributed by atoms with Gasteiger partial charge in [0.15, 0.2) is 0 Å². The Balaban J connectivity index is 1.62. The number of nitrogens with zero attached hydrogens (tertiary/aromatic N) is 4. The lowest BCUT2D eigenvalue weighted by molar-refractivity contribution is 1.23. The van der Waals surface area contributed by atoms with Gasteiger partial charge in [0.1, 0.15) is 21.1 Å². The molecule has 6 rings (SSSR count). The summed E-state index contributed by atoms with van der Waals surface area (Å²) in [5, 5.41) is 11.8. The van der Waals surface area contributed by atoms with Gasteiger partial charge in [-0.1, -0.05) is 60.7 Å². The molecule has 0 fully saturated rings. The first-order valence-corrected chi connectivity index (χ1v) is 14.5. The van der Waals surface area contributed by atoms with Gasteiger partial charge in [-0.2, -0.15) is 0 Å². The number of pyridine rings is 2. The van der Waals surface area contributed by atoms with E-state index in [1.807, 2.05) is 74.5 Å². The largest absolute Gasteiger partial charge is 0.397 e. The number of fused-ring (bicyclic) bond motifs is 2. The standard InChI is InChI=1S/C32H28N6S2/c1-17-15-19(3)35-31-23(17)25(33)29(39-31)27(21-11-7-5-8-12-21)37-38-28(22-13-9-6-10-14-22)30-26(34)24-18(2)16-20(4)36-32(24)40-30/h5-16H,33-34H2,1-4H3/b37-27-,38-28-. The first-order valence-electron chi connectivity index (χ1n) is 12.9. The van der Waals surface area contributed by atoms with Crippen LogP contribution in [0.15, 0.2) is 83.0 Å². The van der Waals surface area contributed by atoms with Crippen LogP contribution in [-0.2, 0) is 0 Å². The molecule has 0 radical (unpaired) electrons. The van der Waals surface area contributed by atoms with Gasteiger partial charge in [0.25, 0.3) is 0 Å². The molecule has 0 atom stereocenters. The van der Waals surface area contributed by atoms with E-state index in [1.165, 1.54) is 0 Å². The summed E-state index contributed by atoms with van der Waals surface area (Å²) < 4.78 is 0. The molecule has 8 heteroatoms. The Hall–Kier alpha value is -4.40. The van der Waals surface area contributed by atoms with Gasteiger partial charge in [-0.3, -0.25) is 0 Å². The highest BCUT2D eigenvalue weighted by molar-refractivity contribution is 7.22. The number of thiophene rings is 2. The Bertz CT molecular complexity index is 1810. The summed E-state index contributed by atoms with van der Waals surface area (Å²) in [6.45, 7) is 8.13. The fraction of sp³-hybridized carbons (Fsp3) is 0.125. The van der Waals surface area contributed by atoms with E-state index in [4.69, 9.17) is 31.6 Å². The maximum absolute atomic E-state index is 6.78. The fourth-order valence-corrected chi connectivity index (χ4v) is 7.50. The average Bonchev–Trinajstić information content (AvgIpc) is 3.43. The number of rotatable bonds is 5. The third kappa shape index (κ3) is 4.55. The molecule has 0 aliphatic carbocycles. The predicted octanol–water partition coefficient (Wildman–Crippen LogP) is 7.59. The molecule has 4 heterocycles. The molecule has 0 aliphatic rings. The molecule has 0 unspecified atom stereocenters. The molecule has 6 nitrogen and oxygen atoms in total. The van der Waals surface area contributed by atoms with Gasteiger partial charge in [-0.05, 0) is 51.0 Å². The molecule has 0 bridgehead atoms. The first-order chi connectivity index (χ1) is 19.3. The molecular formula is C32H28N6S2. The number of hydrogen-bond acceptors (Lipinski definition) is 8. The minimum absolute atomic E-state index is 0.667. The summed E-state index contributed by atoms with van der Waals surface area (Å²) in [6, 6.07) is 24.1. The molecule has 0 saturated carbocycles. The molecule has 4 N–H and O–H groups in total. The maximum atomic E-state index is 6.78. The number of benzene rings is 2. The minimum atomic E-state index is 0.667. The molecular weight excluding hydrogens is 533 g/mol. The van der Waals surface area contributed by atoms with Crippen molar-refractivity contribution in [1.29, 1.82) is 0 Å². The number of anilines is 2. The van der Waals surface area contributed by atoms with Crippen LogP contribution in [0.1, 0.15) is 43.4 Å². The number of hydrogen-bond donors (Lipinski definition) is 2. The van der Waals surface area contributed by atoms with Crippen molar-refractivity contribution in [3.8, 4) is 0 Å². The van der Waals surface area contributed by atoms with Gasteiger partial charge in [-0.15, -0.1) is 32.9 Å². The summed E-state index contributed by atoms with van der Waals surface area (Å²) in [4.78, 5) is 13.0. The van der Waals surface area contributed by atoms with E-state index in [9.17, 15) is 0 Å². The van der Waals surface area contributed by atoms with Crippen molar-refractivity contribution in [2.45, 2.75) is 27.7 Å². The topological polar surface area (TPSA) is 103 Å². The van der Waals surface area contributed by atoms with E-state index in [0.29, 0.717) is 22.8 Å². The summed E-state index contributed by atoms with van der Waals surface area (Å²) in [6.07, 6.45) is 0. The van der Waals surface area contributed by atoms with Gasteiger partial charge in [0.2, 0.25) is 0 Å². The predicted molar refractivity (Wildman–Crippen MR) is 171 cm³/mol. The van der Waals surface area contributed by atoms with Gasteiger partial charge in [0.05, 0.1) is 21.1 Å². The molecule has 6 aromatic rings. The highest BCUT2D eigenvalue weighted by Gasteiger charge is 2.22. The second-order valence-electron chi connectivity index (χ2n) is 9.84. The van der Waals surface area contributed by atoms with Crippen molar-refractivity contribution < 1.29 is 0 Å². The summed E-state index contributed by atoms with van der Waals surface area (Å²) in [7, 11) is 0. The third-order valence-corrected chi connectivity index (χ3v) is 9.04. The van der Waals surface area contributed by atoms with Crippen LogP contribution < -0.4 is 11.5 Å². The molecule has 0 aliphatic heterocycles. The summed E-state index contributed by atoms with van der Waals surface area (Å²) >= 11 is 3.08. The molecule has 0 amide bonds. The van der Waals surface area contributed by atoms with E-state index >= 15 is 0 Å². The molecule has 40 heavy (non-hydrogen) atoms. The lowest BCUT2D eigenvalue weighted by Gasteiger charge is -2.08. The zero-order chi connectivity index (χ0) is 28.0. The Kier molecular flexibility index (Phi) is 6.65. The number of aryl methyl sites for hydroxylation is 4. The number of aromatic nitrogens is 2. The van der Waals surface area contributed by atoms with E-state index in [1.54, 1.807) is 22.7 Å². The van der Waals surface area contributed by atoms with Gasteiger partial charge in [-0.25, -0.2) is 9.97 Å². The van der Waals surface area contributed by atoms with Crippen LogP contribution in [0.25, 0.3) is 20.4 Å². The van der Waals surface area contributed by atoms with Gasteiger partial charge in [0, 0.05) is 33.3 Å². The quantitative estimate of drug-likeness (QED) is 0.167. The Morgan fingerprint density at radius 2 is 0.975 bits per heavy atom. The Morgan fingerprint density at radius 1 is 0.600 bits per heavy atom. The molecule has 2 aromatic carbocycles. The zero-order valence-corrected chi connectivity index (χ0v) is 24.3. The van der Waals surface area contributed by atoms with Crippen molar-refractivity contribution in [2.75, 3.05) is 11.5 Å². The van der Waals surface area contributed by atoms with Crippen LogP contribution in [0.4, 0.5) is 11.4 Å². The Labute approximate surface area is 240 Å². The van der Waals surface area contributed by atoms with Crippen molar-refractivity contribution in [3.63, 3.8) is 0 Å². The van der Waals surface area contributed by atoms with Crippen LogP contribution in [0.2, 0.25) is 0 Å². The average molecular weight is 561 g/mol. The monoisotopic (exact) mass is 560 g/mol. The third-order valence-electron chi connectivity index (χ3n) is 6.82. The molecule has 198 valence electrons. The van der Waals surface area contributed by atoms with Crippen molar-refractivity contribution in [3.05, 3.63) is 116 Å². The zero-order valence-electron chi connectivity index (χ0n) is 22.7. The van der Waals surface area contributed by atoms with Crippen LogP contribution in [0, 0.1) is 27.7 Å². The SMILES string of the molecule is Cc1cc(C)c2c(N)c(/C(=N\N=C(\c3ccccc3)c3sc4nc(C)cc(C)c4c3N)c3ccccc3)sc2n1. The maximum Gasteiger partial charge on any atom is 0.126 e. The lowest BCUT2D eigenvalue weighted by Crippen LogP contribution is -2.07. The van der Waals surface area contributed by atoms with Crippen LogP contribution >= 0.6 is 22.7 Å². The minimum Gasteiger partial charge on any atom is -0.397 e. The van der Waals surface area contributed by atoms with E-state index < -0.39 is 0 Å². The van der Waals surface area contributed by atoms with E-state index in [0.717, 1.165) is 63.8 Å². The summed E-state index contributed by atoms with van der Waals surface area (Å²) in [5.41, 5.74) is 22.2. The second kappa shape index (κ2) is 10.3. The highest BCUT2D eigenvalue weighted by Crippen LogP contribution is 2.38. The van der Waals surface area contributed by atoms with Crippen LogP contribution in [0.3, 0.4) is 0 Å². The second-order valence-corrected chi connectivity index (χ2v) is 11.8. The number of nitrogen functional groups attached to an aromatic ring is 2. The van der Waals surface area contributed by atoms with Crippen molar-refractivity contribution in [2.24, 2.45) is 10.2 Å². The van der Waals surface area contributed by atoms with Crippen LogP contribution in [-0.4, -0.2) is 21.4 Å². The van der Waals surface area contributed by atoms with Gasteiger partial charge < -0.3 is 11.5 Å². The highest BCUT2D eigenvalue weighted by atomic mass is 32.1. The number of nitrogens with two attached hydrogens (primary N) is 2. The normalized spacial score (nSPS) is 12.5. The molecule has 4 aromatic heterocycles. The first kappa shape index (κ1) is 25.9. The van der Waals surface area contributed by atoms with Crippen LogP contribution in [0.5, 0.6) is 0 Å². The molecule has 0 saturated heterocycles. The van der Waals surface area contributed by atoms with Gasteiger partial charge >= 0.3 is 0 Å². The van der Waals surface area contributed by atoms with Crippen molar-refractivity contribution in [1.82, 2.24) is 9.97 Å². The summed E-state index contributed by atoms with van der Waals surface area (Å²) in [5.74, 6) is 0. The van der Waals surface area contributed by atoms with Crippen molar-refractivity contribution >= 4 is 65.9 Å². The fourth-order valence-electron chi connectivity index (χ4n) is 5.05.